The highest BCUT2D eigenvalue weighted by molar-refractivity contribution is 6.03. The van der Waals surface area contributed by atoms with Crippen molar-refractivity contribution in [2.45, 2.75) is 18.9 Å². The minimum absolute atomic E-state index is 0.115. The Bertz CT molecular complexity index is 1080. The predicted molar refractivity (Wildman–Crippen MR) is 125 cm³/mol. The molecule has 5 nitrogen and oxygen atoms in total. The van der Waals surface area contributed by atoms with Crippen molar-refractivity contribution in [3.05, 3.63) is 95.6 Å². The van der Waals surface area contributed by atoms with Crippen LogP contribution in [0.1, 0.15) is 33.9 Å². The summed E-state index contributed by atoms with van der Waals surface area (Å²) in [6, 6.07) is 24.1. The van der Waals surface area contributed by atoms with Crippen LogP contribution in [-0.2, 0) is 11.2 Å². The van der Waals surface area contributed by atoms with Crippen LogP contribution >= 0.6 is 0 Å². The number of amides is 2. The Morgan fingerprint density at radius 3 is 2.45 bits per heavy atom. The van der Waals surface area contributed by atoms with Crippen LogP contribution < -0.4 is 15.1 Å². The first kappa shape index (κ1) is 20.7. The zero-order valence-electron chi connectivity index (χ0n) is 17.9. The Labute approximate surface area is 183 Å². The summed E-state index contributed by atoms with van der Waals surface area (Å²) >= 11 is 0. The Morgan fingerprint density at radius 2 is 1.68 bits per heavy atom. The number of fused-ring (bicyclic) bond motifs is 1. The van der Waals surface area contributed by atoms with Crippen molar-refractivity contribution in [3.63, 3.8) is 0 Å². The first-order valence-electron chi connectivity index (χ1n) is 10.6. The van der Waals surface area contributed by atoms with E-state index in [0.29, 0.717) is 12.1 Å². The van der Waals surface area contributed by atoms with Crippen molar-refractivity contribution < 1.29 is 9.59 Å². The van der Waals surface area contributed by atoms with Crippen molar-refractivity contribution in [1.82, 2.24) is 5.32 Å². The molecule has 5 heteroatoms. The molecule has 3 aromatic carbocycles. The molecule has 1 aliphatic heterocycles. The SMILES string of the molecule is CN(C)c1cccc(C(=O)N[C@@H](C(=O)N2CCCc3ccccc32)c2ccccc2)c1. The van der Waals surface area contributed by atoms with Crippen molar-refractivity contribution in [2.24, 2.45) is 0 Å². The van der Waals surface area contributed by atoms with Gasteiger partial charge in [-0.3, -0.25) is 9.59 Å². The van der Waals surface area contributed by atoms with Gasteiger partial charge in [-0.25, -0.2) is 0 Å². The fourth-order valence-corrected chi connectivity index (χ4v) is 3.99. The minimum Gasteiger partial charge on any atom is -0.378 e. The van der Waals surface area contributed by atoms with E-state index in [2.05, 4.69) is 11.4 Å². The Balaban J connectivity index is 1.65. The minimum atomic E-state index is -0.761. The van der Waals surface area contributed by atoms with Crippen LogP contribution in [0.15, 0.2) is 78.9 Å². The predicted octanol–water partition coefficient (Wildman–Crippen LogP) is 4.20. The number of para-hydroxylation sites is 1. The molecule has 0 saturated carbocycles. The van der Waals surface area contributed by atoms with Gasteiger partial charge in [-0.1, -0.05) is 54.6 Å². The lowest BCUT2D eigenvalue weighted by atomic mass is 9.99. The van der Waals surface area contributed by atoms with E-state index in [1.165, 1.54) is 5.56 Å². The van der Waals surface area contributed by atoms with Gasteiger partial charge >= 0.3 is 0 Å². The number of nitrogens with zero attached hydrogens (tertiary/aromatic N) is 2. The fourth-order valence-electron chi connectivity index (χ4n) is 3.99. The first-order chi connectivity index (χ1) is 15.0. The summed E-state index contributed by atoms with van der Waals surface area (Å²) in [5.41, 5.74) is 4.33. The molecule has 2 amide bonds. The Hall–Kier alpha value is -3.60. The average Bonchev–Trinajstić information content (AvgIpc) is 2.82. The molecule has 31 heavy (non-hydrogen) atoms. The third-order valence-electron chi connectivity index (χ3n) is 5.66. The van der Waals surface area contributed by atoms with Gasteiger partial charge in [-0.15, -0.1) is 0 Å². The molecule has 158 valence electrons. The van der Waals surface area contributed by atoms with E-state index in [-0.39, 0.29) is 11.8 Å². The van der Waals surface area contributed by atoms with E-state index >= 15 is 0 Å². The maximum atomic E-state index is 13.7. The topological polar surface area (TPSA) is 52.7 Å². The molecule has 1 aliphatic rings. The second kappa shape index (κ2) is 9.04. The molecule has 0 spiro atoms. The largest absolute Gasteiger partial charge is 0.378 e. The number of hydrogen-bond donors (Lipinski definition) is 1. The van der Waals surface area contributed by atoms with Crippen LogP contribution in [0.2, 0.25) is 0 Å². The zero-order chi connectivity index (χ0) is 21.8. The Kier molecular flexibility index (Phi) is 6.03. The summed E-state index contributed by atoms with van der Waals surface area (Å²) in [5, 5.41) is 2.99. The lowest BCUT2D eigenvalue weighted by Gasteiger charge is -2.32. The van der Waals surface area contributed by atoms with Gasteiger partial charge in [-0.05, 0) is 48.2 Å². The van der Waals surface area contributed by atoms with Gasteiger partial charge in [-0.2, -0.15) is 0 Å². The zero-order valence-corrected chi connectivity index (χ0v) is 17.9. The van der Waals surface area contributed by atoms with Crippen molar-refractivity contribution in [2.75, 3.05) is 30.4 Å². The van der Waals surface area contributed by atoms with Crippen molar-refractivity contribution in [3.8, 4) is 0 Å². The highest BCUT2D eigenvalue weighted by Crippen LogP contribution is 2.29. The molecule has 1 N–H and O–H groups in total. The van der Waals surface area contributed by atoms with Crippen LogP contribution in [0.3, 0.4) is 0 Å². The summed E-state index contributed by atoms with van der Waals surface area (Å²) < 4.78 is 0. The van der Waals surface area contributed by atoms with Gasteiger partial charge in [0.15, 0.2) is 0 Å². The molecule has 0 saturated heterocycles. The lowest BCUT2D eigenvalue weighted by Crippen LogP contribution is -2.45. The number of aryl methyl sites for hydroxylation is 1. The van der Waals surface area contributed by atoms with E-state index < -0.39 is 6.04 Å². The summed E-state index contributed by atoms with van der Waals surface area (Å²) in [5.74, 6) is -0.383. The van der Waals surface area contributed by atoms with Crippen LogP contribution in [0.5, 0.6) is 0 Å². The number of benzene rings is 3. The molecule has 0 aromatic heterocycles. The normalized spacial score (nSPS) is 13.8. The highest BCUT2D eigenvalue weighted by Gasteiger charge is 2.31. The number of anilines is 2. The smallest absolute Gasteiger partial charge is 0.254 e. The summed E-state index contributed by atoms with van der Waals surface area (Å²) in [4.78, 5) is 30.6. The van der Waals surface area contributed by atoms with Crippen LogP contribution in [0.25, 0.3) is 0 Å². The van der Waals surface area contributed by atoms with Gasteiger partial charge in [0.25, 0.3) is 11.8 Å². The molecule has 4 rings (SSSR count). The van der Waals surface area contributed by atoms with Crippen LogP contribution in [0, 0.1) is 0 Å². The maximum Gasteiger partial charge on any atom is 0.254 e. The lowest BCUT2D eigenvalue weighted by molar-refractivity contribution is -0.120. The third kappa shape index (κ3) is 4.45. The highest BCUT2D eigenvalue weighted by atomic mass is 16.2. The standard InChI is InChI=1S/C26H27N3O2/c1-28(2)22-15-8-13-21(18-22)25(30)27-24(20-11-4-3-5-12-20)26(31)29-17-9-14-19-10-6-7-16-23(19)29/h3-8,10-13,15-16,18,24H,9,14,17H2,1-2H3,(H,27,30)/t24-/m1/s1. The monoisotopic (exact) mass is 413 g/mol. The van der Waals surface area contributed by atoms with Gasteiger partial charge in [0.05, 0.1) is 0 Å². The van der Waals surface area contributed by atoms with E-state index in [4.69, 9.17) is 0 Å². The van der Waals surface area contributed by atoms with Crippen LogP contribution in [-0.4, -0.2) is 32.5 Å². The Morgan fingerprint density at radius 1 is 0.935 bits per heavy atom. The number of rotatable bonds is 5. The average molecular weight is 414 g/mol. The third-order valence-corrected chi connectivity index (χ3v) is 5.66. The molecule has 0 radical (unpaired) electrons. The summed E-state index contributed by atoms with van der Waals surface area (Å²) in [7, 11) is 3.86. The number of carbonyl (C=O) groups excluding carboxylic acids is 2. The molecule has 1 heterocycles. The van der Waals surface area contributed by atoms with Gasteiger partial charge in [0.1, 0.15) is 6.04 Å². The van der Waals surface area contributed by atoms with Gasteiger partial charge in [0.2, 0.25) is 0 Å². The second-order valence-electron chi connectivity index (χ2n) is 7.98. The van der Waals surface area contributed by atoms with E-state index in [0.717, 1.165) is 29.8 Å². The fraction of sp³-hybridized carbons (Fsp3) is 0.231. The number of hydrogen-bond acceptors (Lipinski definition) is 3. The molecule has 1 atom stereocenters. The quantitative estimate of drug-likeness (QED) is 0.682. The molecule has 0 unspecified atom stereocenters. The first-order valence-corrected chi connectivity index (χ1v) is 10.6. The van der Waals surface area contributed by atoms with Gasteiger partial charge in [0, 0.05) is 37.6 Å². The van der Waals surface area contributed by atoms with Gasteiger partial charge < -0.3 is 15.1 Å². The summed E-state index contributed by atoms with van der Waals surface area (Å²) in [6.07, 6.45) is 1.86. The van der Waals surface area contributed by atoms with E-state index in [9.17, 15) is 9.59 Å². The number of nitrogens with one attached hydrogen (secondary N) is 1. The molecule has 0 bridgehead atoms. The number of carbonyl (C=O) groups is 2. The van der Waals surface area contributed by atoms with Crippen molar-refractivity contribution in [1.29, 1.82) is 0 Å². The molecular formula is C26H27N3O2. The maximum absolute atomic E-state index is 13.7. The summed E-state index contributed by atoms with van der Waals surface area (Å²) in [6.45, 7) is 0.644. The molecule has 0 fully saturated rings. The molecule has 0 aliphatic carbocycles. The van der Waals surface area contributed by atoms with Crippen LogP contribution in [0.4, 0.5) is 11.4 Å². The molecular weight excluding hydrogens is 386 g/mol. The van der Waals surface area contributed by atoms with E-state index in [1.807, 2.05) is 90.6 Å². The van der Waals surface area contributed by atoms with Crippen molar-refractivity contribution >= 4 is 23.2 Å². The van der Waals surface area contributed by atoms with E-state index in [1.54, 1.807) is 6.07 Å². The second-order valence-corrected chi connectivity index (χ2v) is 7.98. The molecule has 3 aromatic rings.